The zero-order valence-corrected chi connectivity index (χ0v) is 14.9. The predicted octanol–water partition coefficient (Wildman–Crippen LogP) is 2.22. The first kappa shape index (κ1) is 17.6. The topological polar surface area (TPSA) is 40.6 Å². The molecule has 4 nitrogen and oxygen atoms in total. The van der Waals surface area contributed by atoms with Crippen LogP contribution in [0.15, 0.2) is 0 Å². The molecule has 0 amide bonds. The minimum Gasteiger partial charge on any atom is -0.309 e. The van der Waals surface area contributed by atoms with Gasteiger partial charge in [0.05, 0.1) is 5.92 Å². The van der Waals surface area contributed by atoms with Crippen LogP contribution < -0.4 is 0 Å². The maximum absolute atomic E-state index is 12.6. The van der Waals surface area contributed by atoms with Crippen LogP contribution in [0.1, 0.15) is 46.5 Å². The van der Waals surface area contributed by atoms with E-state index in [9.17, 15) is 9.59 Å². The van der Waals surface area contributed by atoms with Crippen LogP contribution in [0.4, 0.5) is 0 Å². The Balaban J connectivity index is 1.94. The van der Waals surface area contributed by atoms with Gasteiger partial charge in [0, 0.05) is 19.4 Å². The Morgan fingerprint density at radius 1 is 1.18 bits per heavy atom. The number of ketones is 2. The van der Waals surface area contributed by atoms with Gasteiger partial charge < -0.3 is 9.80 Å². The molecule has 0 N–H and O–H groups in total. The lowest BCUT2D eigenvalue weighted by molar-refractivity contribution is -0.144. The van der Waals surface area contributed by atoms with Gasteiger partial charge >= 0.3 is 0 Å². The Morgan fingerprint density at radius 3 is 2.27 bits per heavy atom. The number of likely N-dealkylation sites (tertiary alicyclic amines) is 1. The molecule has 1 aliphatic heterocycles. The van der Waals surface area contributed by atoms with Gasteiger partial charge in [-0.25, -0.2) is 0 Å². The number of carbonyl (C=O) groups is 2. The summed E-state index contributed by atoms with van der Waals surface area (Å²) in [6.07, 6.45) is 3.36. The Labute approximate surface area is 135 Å². The molecule has 2 rings (SSSR count). The largest absolute Gasteiger partial charge is 0.309 e. The van der Waals surface area contributed by atoms with Crippen molar-refractivity contribution in [2.75, 3.05) is 40.3 Å². The average Bonchev–Trinajstić information content (AvgIpc) is 2.68. The summed E-state index contributed by atoms with van der Waals surface area (Å²) < 4.78 is 0. The molecule has 22 heavy (non-hydrogen) atoms. The maximum Gasteiger partial charge on any atom is 0.144 e. The number of Topliss-reactive ketones (excluding diaryl/α,β-unsaturated/α-hetero) is 2. The van der Waals surface area contributed by atoms with Crippen LogP contribution in [0, 0.1) is 16.7 Å². The molecule has 0 aromatic carbocycles. The summed E-state index contributed by atoms with van der Waals surface area (Å²) in [5.74, 6) is -0.0290. The second-order valence-electron chi connectivity index (χ2n) is 8.77. The maximum atomic E-state index is 12.6. The summed E-state index contributed by atoms with van der Waals surface area (Å²) in [5.41, 5.74) is -0.298. The summed E-state index contributed by atoms with van der Waals surface area (Å²) in [4.78, 5) is 29.8. The third-order valence-corrected chi connectivity index (χ3v) is 5.21. The quantitative estimate of drug-likeness (QED) is 0.747. The Morgan fingerprint density at radius 2 is 1.77 bits per heavy atom. The standard InChI is InChI=1S/C18H32N2O2/c1-17(2,3)16-14(21)11-18(12-15(16)22)7-10-20(13-18)9-6-8-19(4)5/h16H,6-13H2,1-5H3. The smallest absolute Gasteiger partial charge is 0.144 e. The minimum atomic E-state index is -0.388. The minimum absolute atomic E-state index is 0.0615. The fourth-order valence-corrected chi connectivity index (χ4v) is 4.27. The van der Waals surface area contributed by atoms with Gasteiger partial charge in [0.15, 0.2) is 0 Å². The highest BCUT2D eigenvalue weighted by atomic mass is 16.2. The van der Waals surface area contributed by atoms with E-state index in [2.05, 4.69) is 23.9 Å². The van der Waals surface area contributed by atoms with Crippen molar-refractivity contribution in [3.05, 3.63) is 0 Å². The molecule has 1 aliphatic carbocycles. The fourth-order valence-electron chi connectivity index (χ4n) is 4.27. The van der Waals surface area contributed by atoms with E-state index in [-0.39, 0.29) is 28.3 Å². The van der Waals surface area contributed by atoms with Crippen molar-refractivity contribution in [3.8, 4) is 0 Å². The molecule has 1 spiro atoms. The van der Waals surface area contributed by atoms with Gasteiger partial charge in [0.2, 0.25) is 0 Å². The van der Waals surface area contributed by atoms with E-state index in [0.29, 0.717) is 12.8 Å². The third-order valence-electron chi connectivity index (χ3n) is 5.21. The van der Waals surface area contributed by atoms with Crippen LogP contribution in [-0.2, 0) is 9.59 Å². The Bertz CT molecular complexity index is 419. The molecule has 0 radical (unpaired) electrons. The van der Waals surface area contributed by atoms with E-state index in [1.54, 1.807) is 0 Å². The van der Waals surface area contributed by atoms with Gasteiger partial charge in [0.25, 0.3) is 0 Å². The molecule has 1 heterocycles. The highest BCUT2D eigenvalue weighted by Gasteiger charge is 2.51. The monoisotopic (exact) mass is 308 g/mol. The van der Waals surface area contributed by atoms with Crippen LogP contribution in [-0.4, -0.2) is 61.6 Å². The first-order valence-corrected chi connectivity index (χ1v) is 8.55. The van der Waals surface area contributed by atoms with Crippen molar-refractivity contribution in [3.63, 3.8) is 0 Å². The molecule has 0 unspecified atom stereocenters. The van der Waals surface area contributed by atoms with E-state index in [1.165, 1.54) is 0 Å². The van der Waals surface area contributed by atoms with Gasteiger partial charge in [-0.1, -0.05) is 20.8 Å². The zero-order chi connectivity index (χ0) is 16.5. The lowest BCUT2D eigenvalue weighted by Crippen LogP contribution is -2.46. The van der Waals surface area contributed by atoms with E-state index >= 15 is 0 Å². The first-order chi connectivity index (χ1) is 10.1. The van der Waals surface area contributed by atoms with Crippen molar-refractivity contribution in [1.29, 1.82) is 0 Å². The van der Waals surface area contributed by atoms with Crippen LogP contribution in [0.2, 0.25) is 0 Å². The molecule has 2 fully saturated rings. The Kier molecular flexibility index (Phi) is 5.13. The van der Waals surface area contributed by atoms with Crippen LogP contribution in [0.5, 0.6) is 0 Å². The van der Waals surface area contributed by atoms with Gasteiger partial charge in [-0.05, 0) is 57.4 Å². The third kappa shape index (κ3) is 3.96. The van der Waals surface area contributed by atoms with Gasteiger partial charge in [-0.15, -0.1) is 0 Å². The summed E-state index contributed by atoms with van der Waals surface area (Å²) in [6.45, 7) is 10.1. The summed E-state index contributed by atoms with van der Waals surface area (Å²) in [6, 6.07) is 0. The number of hydrogen-bond donors (Lipinski definition) is 0. The molecule has 4 heteroatoms. The van der Waals surface area contributed by atoms with E-state index in [4.69, 9.17) is 0 Å². The van der Waals surface area contributed by atoms with Crippen molar-refractivity contribution in [2.24, 2.45) is 16.7 Å². The molecule has 0 aromatic heterocycles. The number of rotatable bonds is 4. The second-order valence-corrected chi connectivity index (χ2v) is 8.77. The van der Waals surface area contributed by atoms with Gasteiger partial charge in [-0.3, -0.25) is 9.59 Å². The number of carbonyl (C=O) groups excluding carboxylic acids is 2. The average molecular weight is 308 g/mol. The van der Waals surface area contributed by atoms with Crippen molar-refractivity contribution in [2.45, 2.75) is 46.5 Å². The number of hydrogen-bond acceptors (Lipinski definition) is 4. The van der Waals surface area contributed by atoms with Crippen LogP contribution >= 0.6 is 0 Å². The number of nitrogens with zero attached hydrogens (tertiary/aromatic N) is 2. The molecule has 126 valence electrons. The van der Waals surface area contributed by atoms with E-state index < -0.39 is 0 Å². The lowest BCUT2D eigenvalue weighted by Gasteiger charge is -2.39. The normalized spacial score (nSPS) is 30.7. The van der Waals surface area contributed by atoms with E-state index in [0.717, 1.165) is 39.0 Å². The van der Waals surface area contributed by atoms with Gasteiger partial charge in [-0.2, -0.15) is 0 Å². The van der Waals surface area contributed by atoms with Crippen molar-refractivity contribution in [1.82, 2.24) is 9.80 Å². The molecule has 1 saturated heterocycles. The highest BCUT2D eigenvalue weighted by Crippen LogP contribution is 2.46. The molecule has 0 aromatic rings. The lowest BCUT2D eigenvalue weighted by atomic mass is 9.62. The summed E-state index contributed by atoms with van der Waals surface area (Å²) in [7, 11) is 4.19. The predicted molar refractivity (Wildman–Crippen MR) is 88.9 cm³/mol. The molecular weight excluding hydrogens is 276 g/mol. The van der Waals surface area contributed by atoms with Crippen molar-refractivity contribution < 1.29 is 9.59 Å². The van der Waals surface area contributed by atoms with Crippen LogP contribution in [0.3, 0.4) is 0 Å². The second kappa shape index (κ2) is 6.40. The summed E-state index contributed by atoms with van der Waals surface area (Å²) >= 11 is 0. The van der Waals surface area contributed by atoms with Crippen molar-refractivity contribution >= 4 is 11.6 Å². The molecule has 0 atom stereocenters. The summed E-state index contributed by atoms with van der Waals surface area (Å²) in [5, 5.41) is 0. The SMILES string of the molecule is CN(C)CCCN1CCC2(CC(=O)C(C(C)(C)C)C(=O)C2)C1. The highest BCUT2D eigenvalue weighted by molar-refractivity contribution is 6.06. The van der Waals surface area contributed by atoms with Gasteiger partial charge in [0.1, 0.15) is 11.6 Å². The fraction of sp³-hybridized carbons (Fsp3) is 0.889. The molecule has 1 saturated carbocycles. The molecular formula is C18H32N2O2. The zero-order valence-electron chi connectivity index (χ0n) is 14.9. The molecule has 0 bridgehead atoms. The first-order valence-electron chi connectivity index (χ1n) is 8.55. The molecule has 2 aliphatic rings. The van der Waals surface area contributed by atoms with E-state index in [1.807, 2.05) is 20.8 Å². The Hall–Kier alpha value is -0.740. The van der Waals surface area contributed by atoms with Crippen LogP contribution in [0.25, 0.3) is 0 Å².